The number of halogens is 1. The molecule has 2 aromatic heterocycles. The summed E-state index contributed by atoms with van der Waals surface area (Å²) >= 11 is 7.73. The predicted octanol–water partition coefficient (Wildman–Crippen LogP) is 2.93. The maximum atomic E-state index is 12.1. The fourth-order valence-electron chi connectivity index (χ4n) is 3.24. The molecule has 9 nitrogen and oxygen atoms in total. The Bertz CT molecular complexity index is 1110. The van der Waals surface area contributed by atoms with Crippen molar-refractivity contribution >= 4 is 40.8 Å². The quantitative estimate of drug-likeness (QED) is 0.544. The number of imide groups is 1. The second-order valence-electron chi connectivity index (χ2n) is 7.03. The summed E-state index contributed by atoms with van der Waals surface area (Å²) in [7, 11) is 1.48. The monoisotopic (exact) mass is 457 g/mol. The number of urea groups is 1. The third-order valence-corrected chi connectivity index (χ3v) is 6.14. The number of amides is 3. The van der Waals surface area contributed by atoms with Crippen molar-refractivity contribution in [3.8, 4) is 10.7 Å². The highest BCUT2D eigenvalue weighted by Gasteiger charge is 2.39. The number of carbonyl (C=O) groups excluding carboxylic acids is 2. The highest BCUT2D eigenvalue weighted by Crippen LogP contribution is 2.29. The maximum Gasteiger partial charge on any atom is 0.327 e. The van der Waals surface area contributed by atoms with Crippen LogP contribution in [0.1, 0.15) is 17.5 Å². The molecule has 4 rings (SSSR count). The lowest BCUT2D eigenvalue weighted by Crippen LogP contribution is -2.37. The van der Waals surface area contributed by atoms with Gasteiger partial charge < -0.3 is 10.2 Å². The van der Waals surface area contributed by atoms with Crippen molar-refractivity contribution in [2.45, 2.75) is 19.4 Å². The molecule has 1 atom stereocenters. The normalized spacial score (nSPS) is 16.3. The average molecular weight is 458 g/mol. The number of nitrogens with zero attached hydrogens (tertiary/aromatic N) is 6. The zero-order chi connectivity index (χ0) is 22.0. The fraction of sp³-hybridized carbons (Fsp3) is 0.300. The molecule has 0 radical (unpaired) electrons. The molecule has 0 bridgehead atoms. The lowest BCUT2D eigenvalue weighted by molar-refractivity contribution is -0.127. The number of aromatic nitrogens is 4. The summed E-state index contributed by atoms with van der Waals surface area (Å²) in [6.45, 7) is 2.44. The topological polar surface area (TPSA) is 104 Å². The number of hydrogen-bond donors (Lipinski definition) is 1. The molecule has 1 unspecified atom stereocenters. The lowest BCUT2D eigenvalue weighted by atomic mass is 10.2. The summed E-state index contributed by atoms with van der Waals surface area (Å²) in [4.78, 5) is 35.3. The minimum Gasteiger partial charge on any atom is -0.352 e. The SMILES string of the molecule is CC1C(=O)N(C)C(=O)N1CCNc1ncc(Cl)c(-c2nnc(Cc3ccccc3)s2)n1. The molecule has 1 saturated heterocycles. The second-order valence-corrected chi connectivity index (χ2v) is 8.50. The Kier molecular flexibility index (Phi) is 6.10. The van der Waals surface area contributed by atoms with Gasteiger partial charge in [0.05, 0.1) is 11.2 Å². The van der Waals surface area contributed by atoms with Gasteiger partial charge in [-0.1, -0.05) is 53.3 Å². The number of nitrogens with one attached hydrogen (secondary N) is 1. The first kappa shape index (κ1) is 21.1. The molecule has 0 saturated carbocycles. The molecule has 31 heavy (non-hydrogen) atoms. The van der Waals surface area contributed by atoms with Crippen LogP contribution in [0, 0.1) is 0 Å². The van der Waals surface area contributed by atoms with E-state index in [4.69, 9.17) is 11.6 Å². The largest absolute Gasteiger partial charge is 0.352 e. The van der Waals surface area contributed by atoms with E-state index in [-0.39, 0.29) is 11.9 Å². The van der Waals surface area contributed by atoms with Crippen molar-refractivity contribution in [1.29, 1.82) is 0 Å². The molecular formula is C20H20ClN7O2S. The zero-order valence-corrected chi connectivity index (χ0v) is 18.5. The van der Waals surface area contributed by atoms with Crippen LogP contribution in [0.5, 0.6) is 0 Å². The molecule has 0 spiro atoms. The van der Waals surface area contributed by atoms with Gasteiger partial charge in [-0.15, -0.1) is 10.2 Å². The van der Waals surface area contributed by atoms with Gasteiger partial charge >= 0.3 is 6.03 Å². The van der Waals surface area contributed by atoms with E-state index in [2.05, 4.69) is 25.5 Å². The first-order valence-corrected chi connectivity index (χ1v) is 10.8. The van der Waals surface area contributed by atoms with Crippen LogP contribution in [0.4, 0.5) is 10.7 Å². The molecule has 0 aliphatic carbocycles. The van der Waals surface area contributed by atoms with Crippen molar-refractivity contribution < 1.29 is 9.59 Å². The van der Waals surface area contributed by atoms with E-state index < -0.39 is 6.04 Å². The maximum absolute atomic E-state index is 12.1. The molecule has 1 aromatic carbocycles. The van der Waals surface area contributed by atoms with Crippen molar-refractivity contribution in [2.75, 3.05) is 25.5 Å². The summed E-state index contributed by atoms with van der Waals surface area (Å²) in [5, 5.41) is 13.4. The first-order chi connectivity index (χ1) is 14.9. The van der Waals surface area contributed by atoms with Crippen LogP contribution in [0.2, 0.25) is 5.02 Å². The molecule has 3 aromatic rings. The highest BCUT2D eigenvalue weighted by molar-refractivity contribution is 7.14. The van der Waals surface area contributed by atoms with Crippen LogP contribution in [0.15, 0.2) is 36.5 Å². The molecular weight excluding hydrogens is 438 g/mol. The Balaban J connectivity index is 1.42. The first-order valence-electron chi connectivity index (χ1n) is 9.65. The molecule has 1 aliphatic rings. The van der Waals surface area contributed by atoms with E-state index in [1.165, 1.54) is 29.5 Å². The fourth-order valence-corrected chi connectivity index (χ4v) is 4.35. The Labute approximate surface area is 188 Å². The van der Waals surface area contributed by atoms with E-state index >= 15 is 0 Å². The zero-order valence-electron chi connectivity index (χ0n) is 16.9. The smallest absolute Gasteiger partial charge is 0.327 e. The van der Waals surface area contributed by atoms with Crippen LogP contribution >= 0.6 is 22.9 Å². The standard InChI is InChI=1S/C20H20ClN7O2S/c1-12-18(29)27(2)20(30)28(12)9-8-22-19-23-11-14(21)16(24-19)17-26-25-15(31-17)10-13-6-4-3-5-7-13/h3-7,11-12H,8-10H2,1-2H3,(H,22,23,24). The second kappa shape index (κ2) is 8.94. The van der Waals surface area contributed by atoms with Crippen LogP contribution in [-0.4, -0.2) is 68.1 Å². The van der Waals surface area contributed by atoms with Crippen LogP contribution in [0.25, 0.3) is 10.7 Å². The van der Waals surface area contributed by atoms with Crippen molar-refractivity contribution in [3.63, 3.8) is 0 Å². The number of anilines is 1. The average Bonchev–Trinajstić information content (AvgIpc) is 3.30. The van der Waals surface area contributed by atoms with Gasteiger partial charge in [-0.25, -0.2) is 14.8 Å². The van der Waals surface area contributed by atoms with E-state index in [9.17, 15) is 9.59 Å². The van der Waals surface area contributed by atoms with Gasteiger partial charge in [0.25, 0.3) is 5.91 Å². The summed E-state index contributed by atoms with van der Waals surface area (Å²) in [5.41, 5.74) is 1.65. The lowest BCUT2D eigenvalue weighted by Gasteiger charge is -2.18. The third kappa shape index (κ3) is 4.49. The van der Waals surface area contributed by atoms with Gasteiger partial charge in [0.15, 0.2) is 5.01 Å². The molecule has 160 valence electrons. The molecule has 3 amide bonds. The molecule has 1 N–H and O–H groups in total. The van der Waals surface area contributed by atoms with Crippen molar-refractivity contribution in [2.24, 2.45) is 0 Å². The van der Waals surface area contributed by atoms with Gasteiger partial charge in [0, 0.05) is 26.6 Å². The van der Waals surface area contributed by atoms with E-state index in [1.54, 1.807) is 6.92 Å². The van der Waals surface area contributed by atoms with Gasteiger partial charge in [0.2, 0.25) is 5.95 Å². The summed E-state index contributed by atoms with van der Waals surface area (Å²) in [5.74, 6) is 0.149. The van der Waals surface area contributed by atoms with Crippen LogP contribution < -0.4 is 5.32 Å². The molecule has 3 heterocycles. The van der Waals surface area contributed by atoms with Gasteiger partial charge in [0.1, 0.15) is 16.7 Å². The van der Waals surface area contributed by atoms with E-state index in [1.807, 2.05) is 30.3 Å². The van der Waals surface area contributed by atoms with Crippen molar-refractivity contribution in [3.05, 3.63) is 52.1 Å². The van der Waals surface area contributed by atoms with Gasteiger partial charge in [-0.2, -0.15) is 0 Å². The summed E-state index contributed by atoms with van der Waals surface area (Å²) in [6, 6.07) is 9.24. The Morgan fingerprint density at radius 2 is 1.97 bits per heavy atom. The van der Waals surface area contributed by atoms with E-state index in [0.29, 0.717) is 41.2 Å². The molecule has 1 aliphatic heterocycles. The van der Waals surface area contributed by atoms with Crippen molar-refractivity contribution in [1.82, 2.24) is 30.0 Å². The minimum absolute atomic E-state index is 0.211. The Morgan fingerprint density at radius 3 is 2.68 bits per heavy atom. The Hall–Kier alpha value is -3.11. The summed E-state index contributed by atoms with van der Waals surface area (Å²) < 4.78 is 0. The highest BCUT2D eigenvalue weighted by atomic mass is 35.5. The molecule has 1 fully saturated rings. The number of carbonyl (C=O) groups is 2. The molecule has 11 heteroatoms. The van der Waals surface area contributed by atoms with Crippen LogP contribution in [0.3, 0.4) is 0 Å². The predicted molar refractivity (Wildman–Crippen MR) is 118 cm³/mol. The van der Waals surface area contributed by atoms with Gasteiger partial charge in [-0.05, 0) is 12.5 Å². The Morgan fingerprint density at radius 1 is 1.19 bits per heavy atom. The third-order valence-electron chi connectivity index (χ3n) is 4.94. The number of hydrogen-bond acceptors (Lipinski definition) is 8. The van der Waals surface area contributed by atoms with Crippen LogP contribution in [-0.2, 0) is 11.2 Å². The summed E-state index contributed by atoms with van der Waals surface area (Å²) in [6.07, 6.45) is 2.19. The minimum atomic E-state index is -0.481. The number of rotatable bonds is 7. The number of benzene rings is 1. The van der Waals surface area contributed by atoms with E-state index in [0.717, 1.165) is 15.5 Å². The number of likely N-dealkylation sites (N-methyl/N-ethyl adjacent to an activating group) is 1. The van der Waals surface area contributed by atoms with Gasteiger partial charge in [-0.3, -0.25) is 9.69 Å².